The molecule has 5 nitrogen and oxygen atoms in total. The zero-order chi connectivity index (χ0) is 17.8. The minimum absolute atomic E-state index is 0.192. The third-order valence-electron chi connectivity index (χ3n) is 3.92. The molecule has 5 heteroatoms. The van der Waals surface area contributed by atoms with E-state index in [1.807, 2.05) is 61.5 Å². The predicted molar refractivity (Wildman–Crippen MR) is 97.8 cm³/mol. The van der Waals surface area contributed by atoms with Gasteiger partial charge >= 0.3 is 0 Å². The van der Waals surface area contributed by atoms with E-state index in [-0.39, 0.29) is 5.91 Å². The van der Waals surface area contributed by atoms with E-state index >= 15 is 0 Å². The molecular weight excluding hydrogens is 316 g/mol. The second-order valence-corrected chi connectivity index (χ2v) is 5.49. The summed E-state index contributed by atoms with van der Waals surface area (Å²) in [6.45, 7) is 4.18. The van der Waals surface area contributed by atoms with E-state index in [1.54, 1.807) is 14.0 Å². The number of ether oxygens (including phenoxy) is 2. The highest BCUT2D eigenvalue weighted by Crippen LogP contribution is 2.29. The normalized spacial score (nSPS) is 15.9. The third kappa shape index (κ3) is 3.26. The first-order chi connectivity index (χ1) is 12.2. The number of para-hydroxylation sites is 1. The van der Waals surface area contributed by atoms with Gasteiger partial charge < -0.3 is 9.47 Å². The summed E-state index contributed by atoms with van der Waals surface area (Å²) in [6, 6.07) is 16.8. The Labute approximate surface area is 147 Å². The van der Waals surface area contributed by atoms with E-state index in [4.69, 9.17) is 9.47 Å². The van der Waals surface area contributed by atoms with Gasteiger partial charge in [0.2, 0.25) is 0 Å². The highest BCUT2D eigenvalue weighted by molar-refractivity contribution is 6.35. The number of carbonyl (C=O) groups excluding carboxylic acids is 1. The van der Waals surface area contributed by atoms with Gasteiger partial charge in [0.25, 0.3) is 5.91 Å². The molecule has 2 aromatic carbocycles. The highest BCUT2D eigenvalue weighted by Gasteiger charge is 2.34. The number of rotatable bonds is 5. The zero-order valence-corrected chi connectivity index (χ0v) is 14.5. The summed E-state index contributed by atoms with van der Waals surface area (Å²) in [4.78, 5) is 13.0. The Hall–Kier alpha value is -3.08. The lowest BCUT2D eigenvalue weighted by molar-refractivity contribution is -0.114. The number of hydrogen-bond acceptors (Lipinski definition) is 4. The number of benzene rings is 2. The minimum atomic E-state index is -0.192. The van der Waals surface area contributed by atoms with Gasteiger partial charge in [-0.15, -0.1) is 0 Å². The molecule has 2 aromatic rings. The van der Waals surface area contributed by atoms with Crippen LogP contribution in [0.25, 0.3) is 0 Å². The van der Waals surface area contributed by atoms with Gasteiger partial charge in [0.1, 0.15) is 22.8 Å². The smallest absolute Gasteiger partial charge is 0.284 e. The number of nitrogens with zero attached hydrogens (tertiary/aromatic N) is 2. The summed E-state index contributed by atoms with van der Waals surface area (Å²) in [7, 11) is 1.62. The molecule has 0 bridgehead atoms. The highest BCUT2D eigenvalue weighted by atomic mass is 16.5. The summed E-state index contributed by atoms with van der Waals surface area (Å²) in [6.07, 6.45) is 0. The van der Waals surface area contributed by atoms with Crippen LogP contribution >= 0.6 is 0 Å². The van der Waals surface area contributed by atoms with E-state index in [0.717, 1.165) is 17.0 Å². The second kappa shape index (κ2) is 7.21. The Bertz CT molecular complexity index is 824. The topological polar surface area (TPSA) is 51.1 Å². The van der Waals surface area contributed by atoms with Crippen LogP contribution in [0.4, 0.5) is 5.69 Å². The average molecular weight is 336 g/mol. The van der Waals surface area contributed by atoms with Crippen LogP contribution in [-0.2, 0) is 9.53 Å². The standard InChI is InChI=1S/C20H20N2O3/c1-4-25-14(2)18-19(15-10-12-17(24-3)13-11-15)21-22(20(18)23)16-8-6-5-7-9-16/h5-13H,4H2,1-3H3/b18-14-. The van der Waals surface area contributed by atoms with Crippen LogP contribution in [0, 0.1) is 0 Å². The molecule has 1 amide bonds. The molecule has 3 rings (SSSR count). The lowest BCUT2D eigenvalue weighted by Gasteiger charge is -2.12. The van der Waals surface area contributed by atoms with Crippen molar-refractivity contribution in [3.63, 3.8) is 0 Å². The van der Waals surface area contributed by atoms with Crippen molar-refractivity contribution in [1.82, 2.24) is 0 Å². The van der Waals surface area contributed by atoms with Gasteiger partial charge in [0.05, 0.1) is 19.4 Å². The van der Waals surface area contributed by atoms with Crippen molar-refractivity contribution in [1.29, 1.82) is 0 Å². The van der Waals surface area contributed by atoms with Gasteiger partial charge in [0, 0.05) is 5.56 Å². The lowest BCUT2D eigenvalue weighted by Crippen LogP contribution is -2.22. The molecule has 0 N–H and O–H groups in total. The fraction of sp³-hybridized carbons (Fsp3) is 0.200. The molecule has 1 aliphatic heterocycles. The molecule has 0 unspecified atom stereocenters. The number of hydrazone groups is 1. The second-order valence-electron chi connectivity index (χ2n) is 5.49. The lowest BCUT2D eigenvalue weighted by atomic mass is 10.0. The van der Waals surface area contributed by atoms with Crippen LogP contribution in [0.2, 0.25) is 0 Å². The van der Waals surface area contributed by atoms with E-state index in [1.165, 1.54) is 5.01 Å². The first-order valence-electron chi connectivity index (χ1n) is 8.12. The molecule has 0 fully saturated rings. The van der Waals surface area contributed by atoms with Crippen molar-refractivity contribution >= 4 is 17.3 Å². The summed E-state index contributed by atoms with van der Waals surface area (Å²) in [5.74, 6) is 1.13. The van der Waals surface area contributed by atoms with Crippen LogP contribution < -0.4 is 9.75 Å². The molecule has 0 saturated heterocycles. The maximum absolute atomic E-state index is 13.0. The van der Waals surface area contributed by atoms with E-state index in [2.05, 4.69) is 5.10 Å². The molecule has 0 saturated carbocycles. The molecule has 128 valence electrons. The summed E-state index contributed by atoms with van der Waals surface area (Å²) < 4.78 is 10.8. The van der Waals surface area contributed by atoms with Crippen molar-refractivity contribution in [2.45, 2.75) is 13.8 Å². The quantitative estimate of drug-likeness (QED) is 0.617. The van der Waals surface area contributed by atoms with E-state index < -0.39 is 0 Å². The Kier molecular flexibility index (Phi) is 4.84. The molecule has 25 heavy (non-hydrogen) atoms. The molecule has 1 heterocycles. The van der Waals surface area contributed by atoms with Gasteiger partial charge in [-0.2, -0.15) is 10.1 Å². The van der Waals surface area contributed by atoms with Crippen molar-refractivity contribution in [2.75, 3.05) is 18.7 Å². The summed E-state index contributed by atoms with van der Waals surface area (Å²) >= 11 is 0. The molecule has 0 spiro atoms. The molecular formula is C20H20N2O3. The predicted octanol–water partition coefficient (Wildman–Crippen LogP) is 3.76. The molecule has 1 aliphatic rings. The third-order valence-corrected chi connectivity index (χ3v) is 3.92. The Balaban J connectivity index is 2.09. The number of hydrogen-bond donors (Lipinski definition) is 0. The zero-order valence-electron chi connectivity index (χ0n) is 14.5. The summed E-state index contributed by atoms with van der Waals surface area (Å²) in [5.41, 5.74) is 2.64. The van der Waals surface area contributed by atoms with Crippen molar-refractivity contribution in [3.8, 4) is 5.75 Å². The van der Waals surface area contributed by atoms with Crippen molar-refractivity contribution in [2.24, 2.45) is 5.10 Å². The number of anilines is 1. The van der Waals surface area contributed by atoms with E-state index in [0.29, 0.717) is 23.7 Å². The molecule has 0 aromatic heterocycles. The maximum Gasteiger partial charge on any atom is 0.284 e. The van der Waals surface area contributed by atoms with Crippen molar-refractivity contribution < 1.29 is 14.3 Å². The SMILES string of the molecule is CCO/C(C)=C1\C(=O)N(c2ccccc2)N=C1c1ccc(OC)cc1. The van der Waals surface area contributed by atoms with Crippen LogP contribution in [0.5, 0.6) is 5.75 Å². The Morgan fingerprint density at radius 3 is 2.36 bits per heavy atom. The molecule has 0 atom stereocenters. The number of allylic oxidation sites excluding steroid dienone is 1. The molecule has 0 radical (unpaired) electrons. The van der Waals surface area contributed by atoms with Gasteiger partial charge in [-0.3, -0.25) is 4.79 Å². The summed E-state index contributed by atoms with van der Waals surface area (Å²) in [5, 5.41) is 5.99. The first-order valence-corrected chi connectivity index (χ1v) is 8.12. The van der Waals surface area contributed by atoms with Gasteiger partial charge in [0.15, 0.2) is 0 Å². The van der Waals surface area contributed by atoms with Crippen LogP contribution in [0.3, 0.4) is 0 Å². The van der Waals surface area contributed by atoms with Crippen molar-refractivity contribution in [3.05, 3.63) is 71.5 Å². The van der Waals surface area contributed by atoms with Gasteiger partial charge in [-0.25, -0.2) is 0 Å². The maximum atomic E-state index is 13.0. The number of amides is 1. The van der Waals surface area contributed by atoms with Gasteiger partial charge in [-0.1, -0.05) is 18.2 Å². The van der Waals surface area contributed by atoms with Crippen LogP contribution in [0.1, 0.15) is 19.4 Å². The number of methoxy groups -OCH3 is 1. The average Bonchev–Trinajstić information content (AvgIpc) is 3.00. The largest absolute Gasteiger partial charge is 0.498 e. The fourth-order valence-corrected chi connectivity index (χ4v) is 2.70. The molecule has 0 aliphatic carbocycles. The Morgan fingerprint density at radius 1 is 1.08 bits per heavy atom. The number of carbonyl (C=O) groups is 1. The van der Waals surface area contributed by atoms with Crippen LogP contribution in [-0.4, -0.2) is 25.3 Å². The first kappa shape index (κ1) is 16.8. The monoisotopic (exact) mass is 336 g/mol. The Morgan fingerprint density at radius 2 is 1.76 bits per heavy atom. The van der Waals surface area contributed by atoms with Crippen LogP contribution in [0.15, 0.2) is 71.0 Å². The van der Waals surface area contributed by atoms with E-state index in [9.17, 15) is 4.79 Å². The fourth-order valence-electron chi connectivity index (χ4n) is 2.70. The van der Waals surface area contributed by atoms with Gasteiger partial charge in [-0.05, 0) is 50.2 Å². The minimum Gasteiger partial charge on any atom is -0.498 e.